The summed E-state index contributed by atoms with van der Waals surface area (Å²) in [6.45, 7) is 2.34. The summed E-state index contributed by atoms with van der Waals surface area (Å²) in [4.78, 5) is 25.0. The summed E-state index contributed by atoms with van der Waals surface area (Å²) in [5, 5.41) is 9.89. The van der Waals surface area contributed by atoms with Gasteiger partial charge in [-0.05, 0) is 25.0 Å². The molecular formula is C14H16ClNO3. The van der Waals surface area contributed by atoms with E-state index in [0.29, 0.717) is 23.6 Å². The third-order valence-corrected chi connectivity index (χ3v) is 3.93. The maximum absolute atomic E-state index is 12.0. The topological polar surface area (TPSA) is 57.6 Å². The zero-order chi connectivity index (χ0) is 14.0. The van der Waals surface area contributed by atoms with Crippen LogP contribution in [0.15, 0.2) is 24.3 Å². The van der Waals surface area contributed by atoms with E-state index in [1.54, 1.807) is 23.1 Å². The van der Waals surface area contributed by atoms with Crippen LogP contribution in [0.4, 0.5) is 0 Å². The number of rotatable bonds is 3. The van der Waals surface area contributed by atoms with Gasteiger partial charge in [0.15, 0.2) is 0 Å². The Morgan fingerprint density at radius 1 is 1.47 bits per heavy atom. The second-order valence-corrected chi connectivity index (χ2v) is 5.04. The minimum absolute atomic E-state index is 0.00933. The molecule has 1 fully saturated rings. The first-order chi connectivity index (χ1) is 9.06. The van der Waals surface area contributed by atoms with Crippen molar-refractivity contribution in [1.82, 2.24) is 4.90 Å². The van der Waals surface area contributed by atoms with Crippen molar-refractivity contribution < 1.29 is 14.7 Å². The lowest BCUT2D eigenvalue weighted by Crippen LogP contribution is -2.45. The SMILES string of the molecule is CCN1C(=O)CC[C@@H](C(=O)O)[C@@H]1c1ccccc1Cl. The van der Waals surface area contributed by atoms with Crippen LogP contribution in [-0.4, -0.2) is 28.4 Å². The molecule has 0 aromatic heterocycles. The van der Waals surface area contributed by atoms with Gasteiger partial charge in [0, 0.05) is 18.0 Å². The fourth-order valence-electron chi connectivity index (χ4n) is 2.68. The highest BCUT2D eigenvalue weighted by Gasteiger charge is 2.40. The van der Waals surface area contributed by atoms with Crippen LogP contribution in [0.5, 0.6) is 0 Å². The largest absolute Gasteiger partial charge is 0.481 e. The van der Waals surface area contributed by atoms with Gasteiger partial charge in [0.05, 0.1) is 12.0 Å². The molecule has 2 atom stereocenters. The monoisotopic (exact) mass is 281 g/mol. The maximum Gasteiger partial charge on any atom is 0.308 e. The number of halogens is 1. The highest BCUT2D eigenvalue weighted by molar-refractivity contribution is 6.31. The number of hydrogen-bond donors (Lipinski definition) is 1. The summed E-state index contributed by atoms with van der Waals surface area (Å²) in [7, 11) is 0. The van der Waals surface area contributed by atoms with E-state index in [1.165, 1.54) is 0 Å². The van der Waals surface area contributed by atoms with Crippen LogP contribution in [0.25, 0.3) is 0 Å². The molecule has 1 aliphatic heterocycles. The van der Waals surface area contributed by atoms with E-state index in [2.05, 4.69) is 0 Å². The van der Waals surface area contributed by atoms with Gasteiger partial charge in [-0.25, -0.2) is 0 Å². The first-order valence-corrected chi connectivity index (χ1v) is 6.70. The highest BCUT2D eigenvalue weighted by atomic mass is 35.5. The zero-order valence-electron chi connectivity index (χ0n) is 10.7. The molecule has 102 valence electrons. The summed E-state index contributed by atoms with van der Waals surface area (Å²) >= 11 is 6.17. The van der Waals surface area contributed by atoms with Gasteiger partial charge in [-0.1, -0.05) is 29.8 Å². The lowest BCUT2D eigenvalue weighted by Gasteiger charge is -2.39. The van der Waals surface area contributed by atoms with Crippen molar-refractivity contribution in [3.63, 3.8) is 0 Å². The molecule has 1 amide bonds. The highest BCUT2D eigenvalue weighted by Crippen LogP contribution is 2.39. The van der Waals surface area contributed by atoms with E-state index in [1.807, 2.05) is 13.0 Å². The Morgan fingerprint density at radius 3 is 2.74 bits per heavy atom. The number of aliphatic carboxylic acids is 1. The molecule has 4 nitrogen and oxygen atoms in total. The lowest BCUT2D eigenvalue weighted by molar-refractivity contribution is -0.151. The molecule has 1 N–H and O–H groups in total. The molecule has 5 heteroatoms. The summed E-state index contributed by atoms with van der Waals surface area (Å²) in [6, 6.07) is 6.65. The number of hydrogen-bond acceptors (Lipinski definition) is 2. The fraction of sp³-hybridized carbons (Fsp3) is 0.429. The Morgan fingerprint density at radius 2 is 2.16 bits per heavy atom. The van der Waals surface area contributed by atoms with Crippen molar-refractivity contribution in [2.45, 2.75) is 25.8 Å². The first kappa shape index (κ1) is 13.9. The van der Waals surface area contributed by atoms with Crippen molar-refractivity contribution in [2.75, 3.05) is 6.54 Å². The summed E-state index contributed by atoms with van der Waals surface area (Å²) in [6.07, 6.45) is 0.645. The Labute approximate surface area is 117 Å². The zero-order valence-corrected chi connectivity index (χ0v) is 11.4. The van der Waals surface area contributed by atoms with Crippen LogP contribution in [0.3, 0.4) is 0 Å². The molecule has 0 radical (unpaired) electrons. The van der Waals surface area contributed by atoms with E-state index >= 15 is 0 Å². The Hall–Kier alpha value is -1.55. The van der Waals surface area contributed by atoms with Gasteiger partial charge in [-0.15, -0.1) is 0 Å². The predicted octanol–water partition coefficient (Wildman–Crippen LogP) is 2.72. The van der Waals surface area contributed by atoms with Gasteiger partial charge in [-0.2, -0.15) is 0 Å². The minimum atomic E-state index is -0.879. The molecule has 1 aromatic rings. The van der Waals surface area contributed by atoms with E-state index in [-0.39, 0.29) is 12.3 Å². The van der Waals surface area contributed by atoms with E-state index in [4.69, 9.17) is 11.6 Å². The first-order valence-electron chi connectivity index (χ1n) is 6.33. The normalized spacial score (nSPS) is 23.5. The average Bonchev–Trinajstić information content (AvgIpc) is 2.38. The quantitative estimate of drug-likeness (QED) is 0.927. The third-order valence-electron chi connectivity index (χ3n) is 3.59. The second kappa shape index (κ2) is 5.61. The Kier molecular flexibility index (Phi) is 4.10. The molecule has 0 aliphatic carbocycles. The standard InChI is InChI=1S/C14H16ClNO3/c1-2-16-12(17)8-7-10(14(18)19)13(16)9-5-3-4-6-11(9)15/h3-6,10,13H,2,7-8H2,1H3,(H,18,19)/t10-,13+/m1/s1. The number of carboxylic acid groups (broad SMARTS) is 1. The molecule has 0 spiro atoms. The van der Waals surface area contributed by atoms with Crippen LogP contribution in [-0.2, 0) is 9.59 Å². The fourth-order valence-corrected chi connectivity index (χ4v) is 2.93. The van der Waals surface area contributed by atoms with Gasteiger partial charge in [-0.3, -0.25) is 9.59 Å². The van der Waals surface area contributed by atoms with Crippen molar-refractivity contribution in [1.29, 1.82) is 0 Å². The van der Waals surface area contributed by atoms with E-state index in [9.17, 15) is 14.7 Å². The molecule has 1 saturated heterocycles. The number of carbonyl (C=O) groups is 2. The molecule has 1 aromatic carbocycles. The maximum atomic E-state index is 12.0. The van der Waals surface area contributed by atoms with Crippen LogP contribution < -0.4 is 0 Å². The van der Waals surface area contributed by atoms with Crippen molar-refractivity contribution >= 4 is 23.5 Å². The van der Waals surface area contributed by atoms with Gasteiger partial charge in [0.25, 0.3) is 0 Å². The molecule has 1 aliphatic rings. The average molecular weight is 282 g/mol. The van der Waals surface area contributed by atoms with Gasteiger partial charge >= 0.3 is 5.97 Å². The number of carbonyl (C=O) groups excluding carboxylic acids is 1. The lowest BCUT2D eigenvalue weighted by atomic mass is 9.84. The Balaban J connectivity index is 2.47. The molecule has 19 heavy (non-hydrogen) atoms. The van der Waals surface area contributed by atoms with Crippen LogP contribution in [0, 0.1) is 5.92 Å². The van der Waals surface area contributed by atoms with Gasteiger partial charge in [0.2, 0.25) is 5.91 Å². The van der Waals surface area contributed by atoms with Crippen molar-refractivity contribution in [2.24, 2.45) is 5.92 Å². The summed E-state index contributed by atoms with van der Waals surface area (Å²) < 4.78 is 0. The van der Waals surface area contributed by atoms with Crippen LogP contribution in [0.1, 0.15) is 31.4 Å². The van der Waals surface area contributed by atoms with E-state index < -0.39 is 17.9 Å². The molecule has 2 rings (SSSR count). The molecular weight excluding hydrogens is 266 g/mol. The van der Waals surface area contributed by atoms with E-state index in [0.717, 1.165) is 0 Å². The smallest absolute Gasteiger partial charge is 0.308 e. The van der Waals surface area contributed by atoms with Crippen LogP contribution in [0.2, 0.25) is 5.02 Å². The van der Waals surface area contributed by atoms with Gasteiger partial charge < -0.3 is 10.0 Å². The minimum Gasteiger partial charge on any atom is -0.481 e. The molecule has 1 heterocycles. The summed E-state index contributed by atoms with van der Waals surface area (Å²) in [5.74, 6) is -1.49. The number of nitrogens with zero attached hydrogens (tertiary/aromatic N) is 1. The number of carboxylic acids is 1. The third kappa shape index (κ3) is 2.59. The number of piperidine rings is 1. The molecule has 0 saturated carbocycles. The predicted molar refractivity (Wildman–Crippen MR) is 71.9 cm³/mol. The van der Waals surface area contributed by atoms with Crippen molar-refractivity contribution in [3.05, 3.63) is 34.9 Å². The number of amides is 1. The molecule has 0 unspecified atom stereocenters. The van der Waals surface area contributed by atoms with Crippen LogP contribution >= 0.6 is 11.6 Å². The second-order valence-electron chi connectivity index (χ2n) is 4.63. The summed E-state index contributed by atoms with van der Waals surface area (Å²) in [5.41, 5.74) is 0.714. The van der Waals surface area contributed by atoms with Gasteiger partial charge in [0.1, 0.15) is 0 Å². The number of benzene rings is 1. The van der Waals surface area contributed by atoms with Crippen molar-refractivity contribution in [3.8, 4) is 0 Å². The number of likely N-dealkylation sites (tertiary alicyclic amines) is 1. The Bertz CT molecular complexity index is 501. The molecule has 0 bridgehead atoms.